The predicted octanol–water partition coefficient (Wildman–Crippen LogP) is 2.81. The number of aromatic nitrogens is 3. The highest BCUT2D eigenvalue weighted by atomic mass is 35.5. The SMILES string of the molecule is COc1ccc(-c2n[nH]nc2C(N)=O)cc1COc1cccc(Cl)c1. The standard InChI is InChI=1S/C17H15ClN4O3/c1-24-14-6-5-10(15-16(17(19)23)21-22-20-15)7-11(14)9-25-13-4-2-3-12(18)8-13/h2-8H,9H2,1H3,(H2,19,23)(H,20,21,22). The van der Waals surface area contributed by atoms with Crippen LogP contribution in [0.2, 0.25) is 5.02 Å². The van der Waals surface area contributed by atoms with Gasteiger partial charge in [-0.05, 0) is 36.4 Å². The topological polar surface area (TPSA) is 103 Å². The smallest absolute Gasteiger partial charge is 0.271 e. The maximum absolute atomic E-state index is 11.4. The van der Waals surface area contributed by atoms with Crippen LogP contribution in [0.5, 0.6) is 11.5 Å². The molecule has 128 valence electrons. The van der Waals surface area contributed by atoms with E-state index in [0.717, 1.165) is 5.56 Å². The van der Waals surface area contributed by atoms with Crippen molar-refractivity contribution in [1.29, 1.82) is 0 Å². The van der Waals surface area contributed by atoms with Crippen molar-refractivity contribution in [2.24, 2.45) is 5.73 Å². The molecule has 1 heterocycles. The van der Waals surface area contributed by atoms with Crippen molar-refractivity contribution in [2.45, 2.75) is 6.61 Å². The van der Waals surface area contributed by atoms with E-state index in [9.17, 15) is 4.79 Å². The first kappa shape index (κ1) is 16.8. The summed E-state index contributed by atoms with van der Waals surface area (Å²) in [6.07, 6.45) is 0. The normalized spacial score (nSPS) is 10.5. The molecule has 0 aliphatic heterocycles. The summed E-state index contributed by atoms with van der Waals surface area (Å²) in [4.78, 5) is 11.4. The second-order valence-electron chi connectivity index (χ2n) is 5.16. The zero-order valence-electron chi connectivity index (χ0n) is 13.3. The van der Waals surface area contributed by atoms with Gasteiger partial charge in [0.05, 0.1) is 7.11 Å². The van der Waals surface area contributed by atoms with Crippen molar-refractivity contribution in [3.63, 3.8) is 0 Å². The summed E-state index contributed by atoms with van der Waals surface area (Å²) in [5, 5.41) is 10.8. The van der Waals surface area contributed by atoms with E-state index in [1.165, 1.54) is 0 Å². The van der Waals surface area contributed by atoms with Crippen LogP contribution in [-0.4, -0.2) is 28.4 Å². The van der Waals surface area contributed by atoms with Crippen molar-refractivity contribution < 1.29 is 14.3 Å². The van der Waals surface area contributed by atoms with E-state index >= 15 is 0 Å². The molecule has 0 aliphatic rings. The number of hydrogen-bond acceptors (Lipinski definition) is 5. The Hall–Kier alpha value is -3.06. The summed E-state index contributed by atoms with van der Waals surface area (Å²) < 4.78 is 11.1. The van der Waals surface area contributed by atoms with Crippen LogP contribution in [-0.2, 0) is 6.61 Å². The number of aromatic amines is 1. The molecular formula is C17H15ClN4O3. The Morgan fingerprint density at radius 2 is 2.08 bits per heavy atom. The first-order valence-corrected chi connectivity index (χ1v) is 7.72. The molecule has 0 saturated carbocycles. The number of nitrogens with two attached hydrogens (primary N) is 1. The number of ether oxygens (including phenoxy) is 2. The van der Waals surface area contributed by atoms with Crippen LogP contribution in [0.1, 0.15) is 16.1 Å². The largest absolute Gasteiger partial charge is 0.496 e. The zero-order valence-corrected chi connectivity index (χ0v) is 14.1. The van der Waals surface area contributed by atoms with Gasteiger partial charge in [-0.3, -0.25) is 4.79 Å². The van der Waals surface area contributed by atoms with E-state index in [4.69, 9.17) is 26.8 Å². The van der Waals surface area contributed by atoms with E-state index in [2.05, 4.69) is 15.4 Å². The number of primary amides is 1. The number of hydrogen-bond donors (Lipinski definition) is 2. The Morgan fingerprint density at radius 3 is 2.80 bits per heavy atom. The Bertz CT molecular complexity index is 910. The van der Waals surface area contributed by atoms with Gasteiger partial charge in [0.15, 0.2) is 5.69 Å². The Morgan fingerprint density at radius 1 is 1.24 bits per heavy atom. The van der Waals surface area contributed by atoms with Gasteiger partial charge >= 0.3 is 0 Å². The van der Waals surface area contributed by atoms with E-state index < -0.39 is 5.91 Å². The number of benzene rings is 2. The lowest BCUT2D eigenvalue weighted by Crippen LogP contribution is -2.12. The molecule has 2 aromatic carbocycles. The van der Waals surface area contributed by atoms with Gasteiger partial charge in [0.1, 0.15) is 23.8 Å². The number of methoxy groups -OCH3 is 1. The van der Waals surface area contributed by atoms with Crippen LogP contribution < -0.4 is 15.2 Å². The molecule has 7 nitrogen and oxygen atoms in total. The first-order chi connectivity index (χ1) is 12.1. The van der Waals surface area contributed by atoms with Crippen LogP contribution in [0.4, 0.5) is 0 Å². The zero-order chi connectivity index (χ0) is 17.8. The van der Waals surface area contributed by atoms with Gasteiger partial charge in [-0.25, -0.2) is 0 Å². The summed E-state index contributed by atoms with van der Waals surface area (Å²) in [5.74, 6) is 0.630. The van der Waals surface area contributed by atoms with Gasteiger partial charge in [-0.15, -0.1) is 0 Å². The molecule has 0 bridgehead atoms. The number of amides is 1. The van der Waals surface area contributed by atoms with Gasteiger partial charge in [0.25, 0.3) is 5.91 Å². The monoisotopic (exact) mass is 358 g/mol. The summed E-state index contributed by atoms with van der Waals surface area (Å²) >= 11 is 5.96. The molecule has 8 heteroatoms. The Labute approximate surface area is 148 Å². The third-order valence-corrected chi connectivity index (χ3v) is 3.76. The molecule has 0 aliphatic carbocycles. The average molecular weight is 359 g/mol. The van der Waals surface area contributed by atoms with Gasteiger partial charge in [-0.2, -0.15) is 15.4 Å². The minimum atomic E-state index is -0.656. The Balaban J connectivity index is 1.90. The third kappa shape index (κ3) is 3.72. The molecule has 0 fully saturated rings. The maximum atomic E-state index is 11.4. The molecule has 0 unspecified atom stereocenters. The molecule has 0 atom stereocenters. The number of nitrogens with one attached hydrogen (secondary N) is 1. The fourth-order valence-electron chi connectivity index (χ4n) is 2.36. The van der Waals surface area contributed by atoms with Crippen LogP contribution >= 0.6 is 11.6 Å². The number of carbonyl (C=O) groups is 1. The lowest BCUT2D eigenvalue weighted by Gasteiger charge is -2.12. The van der Waals surface area contributed by atoms with Crippen molar-refractivity contribution in [1.82, 2.24) is 15.4 Å². The van der Waals surface area contributed by atoms with E-state index in [1.54, 1.807) is 37.4 Å². The third-order valence-electron chi connectivity index (χ3n) is 3.53. The van der Waals surface area contributed by atoms with Gasteiger partial charge < -0.3 is 15.2 Å². The number of halogens is 1. The molecule has 1 amide bonds. The highest BCUT2D eigenvalue weighted by Crippen LogP contribution is 2.28. The number of carbonyl (C=O) groups excluding carboxylic acids is 1. The van der Waals surface area contributed by atoms with E-state index in [-0.39, 0.29) is 12.3 Å². The minimum Gasteiger partial charge on any atom is -0.496 e. The fraction of sp³-hybridized carbons (Fsp3) is 0.118. The second-order valence-corrected chi connectivity index (χ2v) is 5.59. The van der Waals surface area contributed by atoms with Gasteiger partial charge in [0, 0.05) is 16.1 Å². The minimum absolute atomic E-state index is 0.0758. The second kappa shape index (κ2) is 7.23. The van der Waals surface area contributed by atoms with Gasteiger partial charge in [-0.1, -0.05) is 17.7 Å². The quantitative estimate of drug-likeness (QED) is 0.705. The maximum Gasteiger partial charge on any atom is 0.271 e. The van der Waals surface area contributed by atoms with Crippen LogP contribution in [0.25, 0.3) is 11.3 Å². The number of nitrogens with zero attached hydrogens (tertiary/aromatic N) is 2. The van der Waals surface area contributed by atoms with Crippen molar-refractivity contribution in [3.8, 4) is 22.8 Å². The molecular weight excluding hydrogens is 344 g/mol. The van der Waals surface area contributed by atoms with Crippen LogP contribution in [0.15, 0.2) is 42.5 Å². The van der Waals surface area contributed by atoms with Crippen molar-refractivity contribution >= 4 is 17.5 Å². The number of rotatable bonds is 6. The predicted molar refractivity (Wildman–Crippen MR) is 92.7 cm³/mol. The molecule has 0 radical (unpaired) electrons. The molecule has 1 aromatic heterocycles. The molecule has 0 spiro atoms. The summed E-state index contributed by atoms with van der Waals surface area (Å²) in [7, 11) is 1.57. The van der Waals surface area contributed by atoms with E-state index in [0.29, 0.717) is 27.8 Å². The van der Waals surface area contributed by atoms with Crippen molar-refractivity contribution in [3.05, 3.63) is 58.7 Å². The molecule has 25 heavy (non-hydrogen) atoms. The molecule has 3 N–H and O–H groups in total. The van der Waals surface area contributed by atoms with Crippen molar-refractivity contribution in [2.75, 3.05) is 7.11 Å². The summed E-state index contributed by atoms with van der Waals surface area (Å²) in [6.45, 7) is 0.251. The molecule has 3 aromatic rings. The molecule has 3 rings (SSSR count). The highest BCUT2D eigenvalue weighted by molar-refractivity contribution is 6.30. The Kier molecular flexibility index (Phi) is 4.85. The fourth-order valence-corrected chi connectivity index (χ4v) is 2.54. The average Bonchev–Trinajstić information content (AvgIpc) is 3.10. The highest BCUT2D eigenvalue weighted by Gasteiger charge is 2.17. The summed E-state index contributed by atoms with van der Waals surface area (Å²) in [6, 6.07) is 12.5. The van der Waals surface area contributed by atoms with E-state index in [1.807, 2.05) is 12.1 Å². The number of H-pyrrole nitrogens is 1. The van der Waals surface area contributed by atoms with Crippen LogP contribution in [0, 0.1) is 0 Å². The lowest BCUT2D eigenvalue weighted by atomic mass is 10.1. The van der Waals surface area contributed by atoms with Gasteiger partial charge in [0.2, 0.25) is 0 Å². The first-order valence-electron chi connectivity index (χ1n) is 7.34. The lowest BCUT2D eigenvalue weighted by molar-refractivity contribution is 0.0996. The summed E-state index contributed by atoms with van der Waals surface area (Å²) in [5.41, 5.74) is 7.22. The molecule has 0 saturated heterocycles. The van der Waals surface area contributed by atoms with Crippen LogP contribution in [0.3, 0.4) is 0 Å².